The van der Waals surface area contributed by atoms with Crippen LogP contribution >= 0.6 is 0 Å². The lowest BCUT2D eigenvalue weighted by Gasteiger charge is -2.04. The summed E-state index contributed by atoms with van der Waals surface area (Å²) in [6.45, 7) is 1.82. The van der Waals surface area contributed by atoms with Crippen LogP contribution in [0.25, 0.3) is 10.9 Å². The van der Waals surface area contributed by atoms with Crippen LogP contribution in [0.5, 0.6) is 0 Å². The van der Waals surface area contributed by atoms with Gasteiger partial charge in [0.05, 0.1) is 4.92 Å². The van der Waals surface area contributed by atoms with Crippen LogP contribution in [-0.2, 0) is 0 Å². The van der Waals surface area contributed by atoms with Gasteiger partial charge >= 0.3 is 0 Å². The highest BCUT2D eigenvalue weighted by Crippen LogP contribution is 2.28. The second-order valence-corrected chi connectivity index (χ2v) is 3.29. The molecule has 1 heterocycles. The van der Waals surface area contributed by atoms with Crippen LogP contribution in [0, 0.1) is 17.0 Å². The van der Waals surface area contributed by atoms with Crippen LogP contribution in [0.3, 0.4) is 0 Å². The molecule has 1 aromatic carbocycles. The van der Waals surface area contributed by atoms with Gasteiger partial charge in [0.15, 0.2) is 0 Å². The normalized spacial score (nSPS) is 10.5. The zero-order valence-electron chi connectivity index (χ0n) is 8.10. The fourth-order valence-electron chi connectivity index (χ4n) is 1.48. The maximum Gasteiger partial charge on any atom is 0.295 e. The number of non-ortho nitro benzene ring substituents is 1. The van der Waals surface area contributed by atoms with Crippen LogP contribution in [-0.4, -0.2) is 9.91 Å². The van der Waals surface area contributed by atoms with Gasteiger partial charge in [0.25, 0.3) is 5.69 Å². The summed E-state index contributed by atoms with van der Waals surface area (Å²) in [5, 5.41) is 11.4. The summed E-state index contributed by atoms with van der Waals surface area (Å²) in [5.74, 6) is 0. The van der Waals surface area contributed by atoms with E-state index in [0.29, 0.717) is 16.6 Å². The molecule has 0 unspecified atom stereocenters. The predicted molar refractivity (Wildman–Crippen MR) is 57.5 cm³/mol. The summed E-state index contributed by atoms with van der Waals surface area (Å²) in [6.07, 6.45) is 1.55. The van der Waals surface area contributed by atoms with E-state index in [1.807, 2.05) is 6.92 Å². The van der Waals surface area contributed by atoms with Crippen LogP contribution in [0.1, 0.15) is 5.56 Å². The predicted octanol–water partition coefficient (Wildman–Crippen LogP) is 2.03. The zero-order chi connectivity index (χ0) is 11.0. The van der Waals surface area contributed by atoms with E-state index in [2.05, 4.69) is 4.98 Å². The van der Waals surface area contributed by atoms with Gasteiger partial charge in [-0.05, 0) is 12.5 Å². The minimum absolute atomic E-state index is 0.0146. The third kappa shape index (κ3) is 1.38. The van der Waals surface area contributed by atoms with Crippen molar-refractivity contribution in [2.75, 3.05) is 5.73 Å². The summed E-state index contributed by atoms with van der Waals surface area (Å²) < 4.78 is 0. The molecule has 0 saturated heterocycles. The van der Waals surface area contributed by atoms with Gasteiger partial charge in [0, 0.05) is 23.3 Å². The molecule has 2 rings (SSSR count). The van der Waals surface area contributed by atoms with Crippen molar-refractivity contribution in [2.24, 2.45) is 0 Å². The number of hydrogen-bond donors (Lipinski definition) is 1. The maximum atomic E-state index is 10.7. The first kappa shape index (κ1) is 9.39. The number of benzene rings is 1. The van der Waals surface area contributed by atoms with Crippen LogP contribution in [0.4, 0.5) is 11.4 Å². The number of aryl methyl sites for hydroxylation is 1. The third-order valence-corrected chi connectivity index (χ3v) is 2.31. The number of aromatic nitrogens is 1. The number of nitrogens with two attached hydrogens (primary N) is 1. The van der Waals surface area contributed by atoms with Crippen molar-refractivity contribution in [3.63, 3.8) is 0 Å². The molecule has 0 atom stereocenters. The standard InChI is InChI=1S/C10H9N3O2/c1-6-5-12-10-7(9(6)11)3-2-4-8(10)13(14)15/h2-5H,1H3,(H2,11,12). The van der Waals surface area contributed by atoms with E-state index in [1.54, 1.807) is 18.3 Å². The topological polar surface area (TPSA) is 82.0 Å². The fourth-order valence-corrected chi connectivity index (χ4v) is 1.48. The lowest BCUT2D eigenvalue weighted by Crippen LogP contribution is -1.96. The smallest absolute Gasteiger partial charge is 0.295 e. The second kappa shape index (κ2) is 3.20. The first-order valence-electron chi connectivity index (χ1n) is 4.39. The largest absolute Gasteiger partial charge is 0.398 e. The molecule has 5 nitrogen and oxygen atoms in total. The zero-order valence-corrected chi connectivity index (χ0v) is 8.10. The van der Waals surface area contributed by atoms with Crippen molar-refractivity contribution >= 4 is 22.3 Å². The number of pyridine rings is 1. The molecule has 0 fully saturated rings. The molecule has 15 heavy (non-hydrogen) atoms. The van der Waals surface area contributed by atoms with Crippen molar-refractivity contribution < 1.29 is 4.92 Å². The molecule has 0 radical (unpaired) electrons. The number of fused-ring (bicyclic) bond motifs is 1. The molecule has 0 saturated carbocycles. The Balaban J connectivity index is 2.89. The van der Waals surface area contributed by atoms with Gasteiger partial charge in [-0.15, -0.1) is 0 Å². The first-order chi connectivity index (χ1) is 7.11. The molecule has 0 aliphatic rings. The van der Waals surface area contributed by atoms with Crippen LogP contribution in [0.2, 0.25) is 0 Å². The monoisotopic (exact) mass is 203 g/mol. The van der Waals surface area contributed by atoms with E-state index in [0.717, 1.165) is 5.56 Å². The quantitative estimate of drug-likeness (QED) is 0.567. The Morgan fingerprint density at radius 2 is 2.20 bits per heavy atom. The number of rotatable bonds is 1. The van der Waals surface area contributed by atoms with E-state index >= 15 is 0 Å². The number of nitrogens with zero attached hydrogens (tertiary/aromatic N) is 2. The molecular formula is C10H9N3O2. The fraction of sp³-hybridized carbons (Fsp3) is 0.100. The molecule has 2 aromatic rings. The molecule has 76 valence electrons. The third-order valence-electron chi connectivity index (χ3n) is 2.31. The molecule has 2 N–H and O–H groups in total. The molecule has 0 aliphatic carbocycles. The maximum absolute atomic E-state index is 10.7. The van der Waals surface area contributed by atoms with Gasteiger partial charge in [-0.25, -0.2) is 4.98 Å². The second-order valence-electron chi connectivity index (χ2n) is 3.29. The molecule has 0 amide bonds. The van der Waals surface area contributed by atoms with Crippen LogP contribution < -0.4 is 5.73 Å². The van der Waals surface area contributed by atoms with Crippen LogP contribution in [0.15, 0.2) is 24.4 Å². The van der Waals surface area contributed by atoms with E-state index in [9.17, 15) is 10.1 Å². The Morgan fingerprint density at radius 1 is 1.47 bits per heavy atom. The number of nitro benzene ring substituents is 1. The Labute approximate surface area is 85.7 Å². The van der Waals surface area contributed by atoms with E-state index in [4.69, 9.17) is 5.73 Å². The molecular weight excluding hydrogens is 194 g/mol. The van der Waals surface area contributed by atoms with E-state index < -0.39 is 4.92 Å². The summed E-state index contributed by atoms with van der Waals surface area (Å²) >= 11 is 0. The average molecular weight is 203 g/mol. The summed E-state index contributed by atoms with van der Waals surface area (Å²) in [7, 11) is 0. The van der Waals surface area contributed by atoms with Crippen molar-refractivity contribution in [3.8, 4) is 0 Å². The molecule has 0 aliphatic heterocycles. The lowest BCUT2D eigenvalue weighted by atomic mass is 10.1. The van der Waals surface area contributed by atoms with Gasteiger partial charge in [-0.3, -0.25) is 10.1 Å². The van der Waals surface area contributed by atoms with Gasteiger partial charge in [-0.2, -0.15) is 0 Å². The lowest BCUT2D eigenvalue weighted by molar-refractivity contribution is -0.383. The van der Waals surface area contributed by atoms with E-state index in [-0.39, 0.29) is 5.69 Å². The minimum Gasteiger partial charge on any atom is -0.398 e. The number of nitro groups is 1. The highest BCUT2D eigenvalue weighted by Gasteiger charge is 2.14. The highest BCUT2D eigenvalue weighted by molar-refractivity contribution is 5.96. The Hall–Kier alpha value is -2.17. The van der Waals surface area contributed by atoms with Gasteiger partial charge < -0.3 is 5.73 Å². The van der Waals surface area contributed by atoms with Gasteiger partial charge in [0.1, 0.15) is 5.52 Å². The van der Waals surface area contributed by atoms with Crippen molar-refractivity contribution in [1.82, 2.24) is 4.98 Å². The minimum atomic E-state index is -0.454. The van der Waals surface area contributed by atoms with E-state index in [1.165, 1.54) is 6.07 Å². The van der Waals surface area contributed by atoms with Crippen molar-refractivity contribution in [2.45, 2.75) is 6.92 Å². The van der Waals surface area contributed by atoms with Gasteiger partial charge in [0.2, 0.25) is 0 Å². The van der Waals surface area contributed by atoms with Crippen molar-refractivity contribution in [3.05, 3.63) is 40.1 Å². The SMILES string of the molecule is Cc1cnc2c([N+](=O)[O-])cccc2c1N. The van der Waals surface area contributed by atoms with Crippen molar-refractivity contribution in [1.29, 1.82) is 0 Å². The molecule has 5 heteroatoms. The Bertz CT molecular complexity index is 552. The number of para-hydroxylation sites is 1. The summed E-state index contributed by atoms with van der Waals surface area (Å²) in [5.41, 5.74) is 7.52. The number of nitrogen functional groups attached to an aromatic ring is 1. The number of anilines is 1. The summed E-state index contributed by atoms with van der Waals surface area (Å²) in [4.78, 5) is 14.3. The Morgan fingerprint density at radius 3 is 2.87 bits per heavy atom. The summed E-state index contributed by atoms with van der Waals surface area (Å²) in [6, 6.07) is 4.76. The first-order valence-corrected chi connectivity index (χ1v) is 4.39. The Kier molecular flexibility index (Phi) is 2.00. The molecule has 0 bridgehead atoms. The molecule has 0 spiro atoms. The average Bonchev–Trinajstić information content (AvgIpc) is 2.23. The molecule has 1 aromatic heterocycles. The van der Waals surface area contributed by atoms with Gasteiger partial charge in [-0.1, -0.05) is 12.1 Å². The highest BCUT2D eigenvalue weighted by atomic mass is 16.6. The number of hydrogen-bond acceptors (Lipinski definition) is 4.